The maximum absolute atomic E-state index is 13.4. The fourth-order valence-corrected chi connectivity index (χ4v) is 3.12. The van der Waals surface area contributed by atoms with E-state index in [4.69, 9.17) is 14.2 Å². The maximum Gasteiger partial charge on any atom is 0.305 e. The summed E-state index contributed by atoms with van der Waals surface area (Å²) >= 11 is 0. The van der Waals surface area contributed by atoms with Crippen LogP contribution in [0.2, 0.25) is 0 Å². The molecule has 8 heteroatoms. The Labute approximate surface area is 161 Å². The van der Waals surface area contributed by atoms with Gasteiger partial charge in [-0.1, -0.05) is 6.07 Å². The van der Waals surface area contributed by atoms with E-state index in [1.165, 1.54) is 32.4 Å². The molecule has 28 heavy (non-hydrogen) atoms. The zero-order valence-corrected chi connectivity index (χ0v) is 15.4. The van der Waals surface area contributed by atoms with Crippen LogP contribution in [0.3, 0.4) is 0 Å². The summed E-state index contributed by atoms with van der Waals surface area (Å²) in [6.07, 6.45) is -0.964. The average molecular weight is 389 g/mol. The average Bonchev–Trinajstić information content (AvgIpc) is 3.09. The van der Waals surface area contributed by atoms with Crippen molar-refractivity contribution in [3.63, 3.8) is 0 Å². The Balaban J connectivity index is 1.78. The second kappa shape index (κ2) is 8.16. The summed E-state index contributed by atoms with van der Waals surface area (Å²) in [6, 6.07) is 8.18. The molecule has 148 valence electrons. The minimum atomic E-state index is -1.07. The van der Waals surface area contributed by atoms with Crippen molar-refractivity contribution in [1.82, 2.24) is 5.32 Å². The molecule has 3 rings (SSSR count). The summed E-state index contributed by atoms with van der Waals surface area (Å²) in [4.78, 5) is 24.0. The number of carboxylic acid groups (broad SMARTS) is 1. The first-order valence-electron chi connectivity index (χ1n) is 8.60. The Morgan fingerprint density at radius 1 is 1.21 bits per heavy atom. The molecule has 1 heterocycles. The Morgan fingerprint density at radius 2 is 1.96 bits per heavy atom. The molecule has 7 nitrogen and oxygen atoms in total. The molecule has 2 N–H and O–H groups in total. The first-order chi connectivity index (χ1) is 13.4. The molecule has 0 saturated heterocycles. The van der Waals surface area contributed by atoms with Gasteiger partial charge in [0, 0.05) is 12.0 Å². The van der Waals surface area contributed by atoms with Gasteiger partial charge in [-0.3, -0.25) is 9.59 Å². The van der Waals surface area contributed by atoms with Crippen LogP contribution in [-0.4, -0.2) is 37.3 Å². The van der Waals surface area contributed by atoms with Crippen LogP contribution in [0.15, 0.2) is 36.4 Å². The molecule has 0 aromatic heterocycles. The molecule has 1 aliphatic heterocycles. The maximum atomic E-state index is 13.4. The molecule has 0 saturated carbocycles. The van der Waals surface area contributed by atoms with Crippen molar-refractivity contribution < 1.29 is 33.3 Å². The minimum absolute atomic E-state index is 0.213. The number of carbonyl (C=O) groups is 2. The molecule has 0 fully saturated rings. The van der Waals surface area contributed by atoms with Gasteiger partial charge >= 0.3 is 5.97 Å². The Kier molecular flexibility index (Phi) is 5.67. The molecule has 0 spiro atoms. The van der Waals surface area contributed by atoms with Gasteiger partial charge in [-0.25, -0.2) is 4.39 Å². The molecule has 2 aromatic carbocycles. The van der Waals surface area contributed by atoms with E-state index in [1.54, 1.807) is 18.2 Å². The standard InChI is InChI=1S/C20H20FNO6/c1-26-16-5-3-11(8-17(16)27-2)14(10-19(23)24)22-20(25)18-9-12-7-13(21)4-6-15(12)28-18/h3-8,14,18H,9-10H2,1-2H3,(H,22,25)(H,23,24)/t14-,18+/m0/s1. The van der Waals surface area contributed by atoms with Crippen LogP contribution < -0.4 is 19.5 Å². The van der Waals surface area contributed by atoms with Crippen molar-refractivity contribution in [2.24, 2.45) is 0 Å². The van der Waals surface area contributed by atoms with Gasteiger partial charge in [0.05, 0.1) is 26.7 Å². The van der Waals surface area contributed by atoms with E-state index in [9.17, 15) is 19.1 Å². The summed E-state index contributed by atoms with van der Waals surface area (Å²) < 4.78 is 29.4. The van der Waals surface area contributed by atoms with Crippen LogP contribution in [-0.2, 0) is 16.0 Å². The van der Waals surface area contributed by atoms with Crippen molar-refractivity contribution in [2.45, 2.75) is 25.0 Å². The molecule has 0 aliphatic carbocycles. The summed E-state index contributed by atoms with van der Waals surface area (Å²) in [5, 5.41) is 12.0. The van der Waals surface area contributed by atoms with E-state index in [0.29, 0.717) is 28.4 Å². The highest BCUT2D eigenvalue weighted by Gasteiger charge is 2.31. The normalized spacial score (nSPS) is 15.9. The van der Waals surface area contributed by atoms with Crippen molar-refractivity contribution in [3.8, 4) is 17.2 Å². The molecule has 0 radical (unpaired) electrons. The third kappa shape index (κ3) is 4.16. The van der Waals surface area contributed by atoms with E-state index in [-0.39, 0.29) is 12.8 Å². The zero-order chi connectivity index (χ0) is 20.3. The number of hydrogen-bond acceptors (Lipinski definition) is 5. The monoisotopic (exact) mass is 389 g/mol. The summed E-state index contributed by atoms with van der Waals surface area (Å²) in [7, 11) is 2.96. The van der Waals surface area contributed by atoms with Crippen molar-refractivity contribution in [2.75, 3.05) is 14.2 Å². The first kappa shape index (κ1) is 19.5. The predicted octanol–water partition coefficient (Wildman–Crippen LogP) is 2.48. The number of halogens is 1. The van der Waals surface area contributed by atoms with E-state index in [1.807, 2.05) is 0 Å². The third-order valence-corrected chi connectivity index (χ3v) is 4.49. The number of fused-ring (bicyclic) bond motifs is 1. The minimum Gasteiger partial charge on any atom is -0.493 e. The SMILES string of the molecule is COc1ccc([C@H](CC(=O)O)NC(=O)[C@H]2Cc3cc(F)ccc3O2)cc1OC. The Hall–Kier alpha value is -3.29. The fraction of sp³-hybridized carbons (Fsp3) is 0.300. The Bertz CT molecular complexity index is 900. The summed E-state index contributed by atoms with van der Waals surface area (Å²) in [5.74, 6) is -0.594. The summed E-state index contributed by atoms with van der Waals surface area (Å²) in [5.41, 5.74) is 1.15. The first-order valence-corrected chi connectivity index (χ1v) is 8.60. The molecule has 0 bridgehead atoms. The van der Waals surface area contributed by atoms with E-state index in [2.05, 4.69) is 5.32 Å². The molecule has 2 atom stereocenters. The number of benzene rings is 2. The van der Waals surface area contributed by atoms with E-state index in [0.717, 1.165) is 0 Å². The molecule has 1 amide bonds. The zero-order valence-electron chi connectivity index (χ0n) is 15.4. The van der Waals surface area contributed by atoms with Gasteiger partial charge in [0.25, 0.3) is 5.91 Å². The highest BCUT2D eigenvalue weighted by atomic mass is 19.1. The number of amides is 1. The highest BCUT2D eigenvalue weighted by molar-refractivity contribution is 5.83. The Morgan fingerprint density at radius 3 is 2.64 bits per heavy atom. The number of carbonyl (C=O) groups excluding carboxylic acids is 1. The van der Waals surface area contributed by atoms with E-state index >= 15 is 0 Å². The van der Waals surface area contributed by atoms with Gasteiger partial charge in [-0.05, 0) is 35.9 Å². The fourth-order valence-electron chi connectivity index (χ4n) is 3.12. The molecular weight excluding hydrogens is 369 g/mol. The lowest BCUT2D eigenvalue weighted by Crippen LogP contribution is -2.40. The molecule has 2 aromatic rings. The number of ether oxygens (including phenoxy) is 3. The third-order valence-electron chi connectivity index (χ3n) is 4.49. The van der Waals surface area contributed by atoms with Crippen LogP contribution in [0.25, 0.3) is 0 Å². The summed E-state index contributed by atoms with van der Waals surface area (Å²) in [6.45, 7) is 0. The molecule has 0 unspecified atom stereocenters. The van der Waals surface area contributed by atoms with Crippen molar-refractivity contribution in [1.29, 1.82) is 0 Å². The van der Waals surface area contributed by atoms with Crippen molar-refractivity contribution >= 4 is 11.9 Å². The van der Waals surface area contributed by atoms with Crippen molar-refractivity contribution in [3.05, 3.63) is 53.3 Å². The smallest absolute Gasteiger partial charge is 0.305 e. The second-order valence-corrected chi connectivity index (χ2v) is 6.34. The van der Waals surface area contributed by atoms with Gasteiger partial charge in [0.2, 0.25) is 0 Å². The van der Waals surface area contributed by atoms with Gasteiger partial charge in [-0.15, -0.1) is 0 Å². The van der Waals surface area contributed by atoms with Crippen LogP contribution in [0, 0.1) is 5.82 Å². The lowest BCUT2D eigenvalue weighted by molar-refractivity contribution is -0.138. The lowest BCUT2D eigenvalue weighted by atomic mass is 10.0. The second-order valence-electron chi connectivity index (χ2n) is 6.34. The van der Waals surface area contributed by atoms with Crippen LogP contribution in [0.4, 0.5) is 4.39 Å². The quantitative estimate of drug-likeness (QED) is 0.756. The van der Waals surface area contributed by atoms with Gasteiger partial charge < -0.3 is 24.6 Å². The van der Waals surface area contributed by atoms with Crippen LogP contribution >= 0.6 is 0 Å². The molecule has 1 aliphatic rings. The number of methoxy groups -OCH3 is 2. The van der Waals surface area contributed by atoms with Gasteiger partial charge in [0.1, 0.15) is 11.6 Å². The topological polar surface area (TPSA) is 94.1 Å². The lowest BCUT2D eigenvalue weighted by Gasteiger charge is -2.21. The van der Waals surface area contributed by atoms with E-state index < -0.39 is 29.8 Å². The highest BCUT2D eigenvalue weighted by Crippen LogP contribution is 2.32. The largest absolute Gasteiger partial charge is 0.493 e. The van der Waals surface area contributed by atoms with Crippen LogP contribution in [0.1, 0.15) is 23.6 Å². The van der Waals surface area contributed by atoms with Crippen LogP contribution in [0.5, 0.6) is 17.2 Å². The number of aliphatic carboxylic acids is 1. The molecular formula is C20H20FNO6. The number of carboxylic acids is 1. The number of nitrogens with one attached hydrogen (secondary N) is 1. The van der Waals surface area contributed by atoms with Gasteiger partial charge in [0.15, 0.2) is 17.6 Å². The number of rotatable bonds is 7. The van der Waals surface area contributed by atoms with Gasteiger partial charge in [-0.2, -0.15) is 0 Å². The number of hydrogen-bond donors (Lipinski definition) is 2. The predicted molar refractivity (Wildman–Crippen MR) is 97.2 cm³/mol.